The zero-order valence-corrected chi connectivity index (χ0v) is 18.9. The van der Waals surface area contributed by atoms with Crippen LogP contribution in [0.1, 0.15) is 24.0 Å². The molecule has 0 aliphatic rings. The minimum atomic E-state index is -0.456. The lowest BCUT2D eigenvalue weighted by atomic mass is 10.1. The van der Waals surface area contributed by atoms with Crippen LogP contribution in [0.5, 0.6) is 23.1 Å². The maximum atomic E-state index is 11.2. The number of hydrogen-bond donors (Lipinski definition) is 0. The number of nitrogens with zero attached hydrogens (tertiary/aromatic N) is 5. The largest absolute Gasteiger partial charge is 0.493 e. The Balaban J connectivity index is 1.89. The first-order valence-corrected chi connectivity index (χ1v) is 10.3. The van der Waals surface area contributed by atoms with E-state index in [2.05, 4.69) is 15.1 Å². The van der Waals surface area contributed by atoms with E-state index in [1.165, 1.54) is 12.1 Å². The zero-order valence-electron chi connectivity index (χ0n) is 18.9. The Hall–Kier alpha value is -4.21. The molecule has 2 heterocycles. The third kappa shape index (κ3) is 4.02. The summed E-state index contributed by atoms with van der Waals surface area (Å²) in [6.45, 7) is 5.67. The van der Waals surface area contributed by atoms with Crippen LogP contribution in [0.2, 0.25) is 0 Å². The minimum Gasteiger partial charge on any atom is -0.493 e. The fourth-order valence-corrected chi connectivity index (χ4v) is 3.69. The highest BCUT2D eigenvalue weighted by Gasteiger charge is 2.20. The maximum absolute atomic E-state index is 11.2. The summed E-state index contributed by atoms with van der Waals surface area (Å²) in [4.78, 5) is 19.9. The number of aryl methyl sites for hydroxylation is 3. The summed E-state index contributed by atoms with van der Waals surface area (Å²) in [6.07, 6.45) is 0.708. The lowest BCUT2D eigenvalue weighted by molar-refractivity contribution is -0.384. The number of imidazole rings is 1. The highest BCUT2D eigenvalue weighted by atomic mass is 16.6. The molecule has 0 amide bonds. The molecule has 0 fully saturated rings. The van der Waals surface area contributed by atoms with Crippen LogP contribution in [0.15, 0.2) is 36.4 Å². The maximum Gasteiger partial charge on any atom is 0.270 e. The second-order valence-corrected chi connectivity index (χ2v) is 7.33. The average Bonchev–Trinajstić information content (AvgIpc) is 3.11. The molecule has 10 nitrogen and oxygen atoms in total. The summed E-state index contributed by atoms with van der Waals surface area (Å²) < 4.78 is 18.8. The van der Waals surface area contributed by atoms with Crippen LogP contribution >= 0.6 is 0 Å². The Morgan fingerprint density at radius 1 is 1.09 bits per heavy atom. The van der Waals surface area contributed by atoms with Crippen molar-refractivity contribution in [3.8, 4) is 34.5 Å². The molecule has 0 N–H and O–H groups in total. The topological polar surface area (TPSA) is 114 Å². The molecule has 0 atom stereocenters. The average molecular weight is 449 g/mol. The second-order valence-electron chi connectivity index (χ2n) is 7.33. The number of hydrogen-bond acceptors (Lipinski definition) is 8. The number of fused-ring (bicyclic) bond motifs is 1. The van der Waals surface area contributed by atoms with Crippen molar-refractivity contribution >= 4 is 11.2 Å². The van der Waals surface area contributed by atoms with Crippen molar-refractivity contribution in [3.63, 3.8) is 0 Å². The van der Waals surface area contributed by atoms with Crippen molar-refractivity contribution in [1.82, 2.24) is 19.6 Å². The molecule has 33 heavy (non-hydrogen) atoms. The Labute approximate surface area is 189 Å². The van der Waals surface area contributed by atoms with Gasteiger partial charge in [0.15, 0.2) is 22.8 Å². The molecule has 4 aromatic rings. The molecule has 0 bridgehead atoms. The van der Waals surface area contributed by atoms with Gasteiger partial charge in [-0.1, -0.05) is 19.1 Å². The molecule has 0 spiro atoms. The van der Waals surface area contributed by atoms with Gasteiger partial charge in [0.2, 0.25) is 5.88 Å². The third-order valence-corrected chi connectivity index (χ3v) is 5.24. The summed E-state index contributed by atoms with van der Waals surface area (Å²) in [7, 11) is 3.16. The predicted octanol–water partition coefficient (Wildman–Crippen LogP) is 4.69. The fraction of sp³-hybridized carbons (Fsp3) is 0.261. The quantitative estimate of drug-likeness (QED) is 0.295. The molecule has 0 aliphatic heterocycles. The molecule has 2 aromatic carbocycles. The van der Waals surface area contributed by atoms with Crippen LogP contribution in [-0.2, 0) is 6.42 Å². The first kappa shape index (κ1) is 22.0. The van der Waals surface area contributed by atoms with E-state index >= 15 is 0 Å². The van der Waals surface area contributed by atoms with Gasteiger partial charge in [-0.25, -0.2) is 9.50 Å². The first-order chi connectivity index (χ1) is 15.9. The van der Waals surface area contributed by atoms with Gasteiger partial charge in [-0.05, 0) is 26.3 Å². The summed E-state index contributed by atoms with van der Waals surface area (Å²) in [5.74, 6) is 2.89. The van der Waals surface area contributed by atoms with Gasteiger partial charge in [-0.15, -0.1) is 5.10 Å². The van der Waals surface area contributed by atoms with Crippen LogP contribution in [0.25, 0.3) is 16.9 Å². The number of methoxy groups -OCH3 is 2. The lowest BCUT2D eigenvalue weighted by Gasteiger charge is -2.15. The normalized spacial score (nSPS) is 10.9. The minimum absolute atomic E-state index is 0.0512. The Morgan fingerprint density at radius 2 is 1.88 bits per heavy atom. The fourth-order valence-electron chi connectivity index (χ4n) is 3.69. The van der Waals surface area contributed by atoms with Crippen LogP contribution in [-0.4, -0.2) is 38.7 Å². The smallest absolute Gasteiger partial charge is 0.270 e. The van der Waals surface area contributed by atoms with Crippen molar-refractivity contribution in [2.24, 2.45) is 0 Å². The van der Waals surface area contributed by atoms with Gasteiger partial charge in [0.05, 0.1) is 24.8 Å². The van der Waals surface area contributed by atoms with Crippen molar-refractivity contribution in [1.29, 1.82) is 0 Å². The lowest BCUT2D eigenvalue weighted by Crippen LogP contribution is -2.04. The number of non-ortho nitro benzene ring substituents is 1. The molecule has 10 heteroatoms. The highest BCUT2D eigenvalue weighted by molar-refractivity contribution is 5.66. The molecule has 170 valence electrons. The van der Waals surface area contributed by atoms with E-state index in [1.807, 2.05) is 26.8 Å². The third-order valence-electron chi connectivity index (χ3n) is 5.24. The van der Waals surface area contributed by atoms with Gasteiger partial charge in [0.1, 0.15) is 11.6 Å². The number of rotatable bonds is 7. The summed E-state index contributed by atoms with van der Waals surface area (Å²) in [5.41, 5.74) is 2.66. The number of benzene rings is 2. The van der Waals surface area contributed by atoms with Gasteiger partial charge in [-0.3, -0.25) is 10.1 Å². The summed E-state index contributed by atoms with van der Waals surface area (Å²) >= 11 is 0. The van der Waals surface area contributed by atoms with Crippen molar-refractivity contribution < 1.29 is 19.1 Å². The summed E-state index contributed by atoms with van der Waals surface area (Å²) in [6, 6.07) is 9.74. The Bertz CT molecular complexity index is 1340. The summed E-state index contributed by atoms with van der Waals surface area (Å²) in [5, 5.41) is 15.8. The van der Waals surface area contributed by atoms with Gasteiger partial charge >= 0.3 is 0 Å². The standard InChI is InChI=1S/C23H23N5O5/c1-6-15-11-18(12-19(31-4)21(15)32-5)33-23-20-13(2)24-14(3)27(20)26-22(25-23)16-8-7-9-17(10-16)28(29)30/h7-12H,6H2,1-5H3. The predicted molar refractivity (Wildman–Crippen MR) is 121 cm³/mol. The van der Waals surface area contributed by atoms with Crippen LogP contribution < -0.4 is 14.2 Å². The Kier molecular flexibility index (Phi) is 5.82. The number of nitro benzene ring substituents is 1. The highest BCUT2D eigenvalue weighted by Crippen LogP contribution is 2.38. The van der Waals surface area contributed by atoms with Gasteiger partial charge in [0.25, 0.3) is 5.69 Å². The molecule has 0 saturated carbocycles. The van der Waals surface area contributed by atoms with Crippen molar-refractivity contribution in [3.05, 3.63) is 63.6 Å². The van der Waals surface area contributed by atoms with Crippen molar-refractivity contribution in [2.75, 3.05) is 14.2 Å². The van der Waals surface area contributed by atoms with E-state index in [4.69, 9.17) is 14.2 Å². The van der Waals surface area contributed by atoms with Crippen LogP contribution in [0, 0.1) is 24.0 Å². The molecular formula is C23H23N5O5. The number of aromatic nitrogens is 4. The van der Waals surface area contributed by atoms with E-state index < -0.39 is 4.92 Å². The van der Waals surface area contributed by atoms with Gasteiger partial charge < -0.3 is 14.2 Å². The number of ether oxygens (including phenoxy) is 3. The molecule has 4 rings (SSSR count). The molecular weight excluding hydrogens is 426 g/mol. The Morgan fingerprint density at radius 3 is 2.55 bits per heavy atom. The molecule has 2 aromatic heterocycles. The molecule has 0 aliphatic carbocycles. The first-order valence-electron chi connectivity index (χ1n) is 10.3. The van der Waals surface area contributed by atoms with E-state index in [0.717, 1.165) is 5.56 Å². The van der Waals surface area contributed by atoms with E-state index in [0.29, 0.717) is 46.3 Å². The molecule has 0 unspecified atom stereocenters. The van der Waals surface area contributed by atoms with E-state index in [-0.39, 0.29) is 17.4 Å². The van der Waals surface area contributed by atoms with Crippen molar-refractivity contribution in [2.45, 2.75) is 27.2 Å². The van der Waals surface area contributed by atoms with Gasteiger partial charge in [0, 0.05) is 29.3 Å². The SMILES string of the molecule is CCc1cc(Oc2nc(-c3cccc([N+](=O)[O-])c3)nn3c(C)nc(C)c23)cc(OC)c1OC. The number of nitro groups is 1. The second kappa shape index (κ2) is 8.73. The van der Waals surface area contributed by atoms with E-state index in [9.17, 15) is 10.1 Å². The van der Waals surface area contributed by atoms with Crippen LogP contribution in [0.3, 0.4) is 0 Å². The monoisotopic (exact) mass is 449 g/mol. The van der Waals surface area contributed by atoms with Gasteiger partial charge in [-0.2, -0.15) is 4.98 Å². The van der Waals surface area contributed by atoms with Crippen LogP contribution in [0.4, 0.5) is 5.69 Å². The van der Waals surface area contributed by atoms with E-state index in [1.54, 1.807) is 36.9 Å². The molecule has 0 saturated heterocycles. The zero-order chi connectivity index (χ0) is 23.7. The molecule has 0 radical (unpaired) electrons.